The van der Waals surface area contributed by atoms with Gasteiger partial charge in [0.25, 0.3) is 0 Å². The number of benzene rings is 1. The van der Waals surface area contributed by atoms with Crippen LogP contribution in [0.3, 0.4) is 0 Å². The summed E-state index contributed by atoms with van der Waals surface area (Å²) in [4.78, 5) is 29.8. The fourth-order valence-corrected chi connectivity index (χ4v) is 6.08. The van der Waals surface area contributed by atoms with Crippen LogP contribution in [0.5, 0.6) is 0 Å². The van der Waals surface area contributed by atoms with Gasteiger partial charge < -0.3 is 15.5 Å². The topological polar surface area (TPSA) is 64.7 Å². The number of halogens is 1. The molecule has 2 N–H and O–H groups in total. The number of piperidine rings is 1. The van der Waals surface area contributed by atoms with E-state index in [2.05, 4.69) is 20.4 Å². The van der Waals surface area contributed by atoms with Crippen LogP contribution in [-0.2, 0) is 16.0 Å². The summed E-state index contributed by atoms with van der Waals surface area (Å²) < 4.78 is 14.2. The number of carbonyl (C=O) groups excluding carboxylic acids is 2. The maximum atomic E-state index is 14.2. The zero-order valence-corrected chi connectivity index (χ0v) is 18.3. The molecule has 3 heterocycles. The van der Waals surface area contributed by atoms with Crippen LogP contribution in [0.25, 0.3) is 0 Å². The van der Waals surface area contributed by atoms with Gasteiger partial charge in [0, 0.05) is 61.9 Å². The van der Waals surface area contributed by atoms with Crippen molar-refractivity contribution < 1.29 is 14.0 Å². The molecule has 31 heavy (non-hydrogen) atoms. The van der Waals surface area contributed by atoms with E-state index in [9.17, 15) is 14.0 Å². The Bertz CT molecular complexity index is 844. The van der Waals surface area contributed by atoms with Crippen LogP contribution >= 0.6 is 0 Å². The number of carbonyl (C=O) groups is 2. The smallest absolute Gasteiger partial charge is 0.243 e. The van der Waals surface area contributed by atoms with Gasteiger partial charge in [-0.25, -0.2) is 4.39 Å². The van der Waals surface area contributed by atoms with Gasteiger partial charge in [-0.15, -0.1) is 0 Å². The largest absolute Gasteiger partial charge is 0.373 e. The summed E-state index contributed by atoms with van der Waals surface area (Å²) in [6, 6.07) is 3.83. The predicted octanol–water partition coefficient (Wildman–Crippen LogP) is 2.59. The third-order valence-corrected chi connectivity index (χ3v) is 7.78. The van der Waals surface area contributed by atoms with E-state index in [4.69, 9.17) is 0 Å². The van der Waals surface area contributed by atoms with Gasteiger partial charge in [-0.05, 0) is 57.1 Å². The van der Waals surface area contributed by atoms with Gasteiger partial charge in [-0.2, -0.15) is 0 Å². The van der Waals surface area contributed by atoms with Gasteiger partial charge in [-0.3, -0.25) is 14.5 Å². The van der Waals surface area contributed by atoms with E-state index in [0.717, 1.165) is 69.4 Å². The number of piperazine rings is 1. The Labute approximate surface area is 183 Å². The van der Waals surface area contributed by atoms with Crippen molar-refractivity contribution in [2.75, 3.05) is 25.0 Å². The van der Waals surface area contributed by atoms with Gasteiger partial charge in [0.2, 0.25) is 11.8 Å². The van der Waals surface area contributed by atoms with Crippen molar-refractivity contribution in [3.63, 3.8) is 0 Å². The van der Waals surface area contributed by atoms with E-state index < -0.39 is 6.04 Å². The van der Waals surface area contributed by atoms with Crippen molar-refractivity contribution in [1.82, 2.24) is 15.1 Å². The lowest BCUT2D eigenvalue weighted by atomic mass is 9.88. The van der Waals surface area contributed by atoms with Gasteiger partial charge in [-0.1, -0.05) is 6.07 Å². The molecule has 3 fully saturated rings. The fourth-order valence-electron chi connectivity index (χ4n) is 6.08. The number of rotatable bonds is 3. The van der Waals surface area contributed by atoms with Crippen LogP contribution in [0.15, 0.2) is 12.1 Å². The Kier molecular flexibility index (Phi) is 5.63. The van der Waals surface area contributed by atoms with E-state index in [1.165, 1.54) is 6.07 Å². The third-order valence-electron chi connectivity index (χ3n) is 7.78. The SMILES string of the molecule is Cc1ccc(F)c2c1NC(C(=O)N[C@@H]1CCC[C@H](N3CCN4C(=O)CCC[C@@H]4C3)C1)C2. The normalized spacial score (nSPS) is 31.0. The van der Waals surface area contributed by atoms with E-state index in [1.807, 2.05) is 6.92 Å². The van der Waals surface area contributed by atoms with E-state index in [1.54, 1.807) is 6.07 Å². The second kappa shape index (κ2) is 8.41. The fraction of sp³-hybridized carbons (Fsp3) is 0.667. The minimum atomic E-state index is -0.400. The standard InChI is InChI=1S/C24H33FN4O2/c1-15-8-9-20(25)19-13-21(27-23(15)19)24(31)26-16-4-2-5-17(12-16)28-10-11-29-18(14-28)6-3-7-22(29)30/h8-9,16-18,21,27H,2-7,10-14H2,1H3,(H,26,31)/t16-,17+,18-,21?/m1/s1. The highest BCUT2D eigenvalue weighted by Crippen LogP contribution is 2.32. The maximum Gasteiger partial charge on any atom is 0.243 e. The molecular formula is C24H33FN4O2. The molecule has 2 amide bonds. The Hall–Kier alpha value is -2.15. The van der Waals surface area contributed by atoms with E-state index in [-0.39, 0.29) is 17.8 Å². The van der Waals surface area contributed by atoms with Gasteiger partial charge in [0.15, 0.2) is 0 Å². The second-order valence-corrected chi connectivity index (χ2v) is 9.77. The van der Waals surface area contributed by atoms with E-state index >= 15 is 0 Å². The minimum absolute atomic E-state index is 0.0247. The molecule has 4 aliphatic rings. The summed E-state index contributed by atoms with van der Waals surface area (Å²) in [6.45, 7) is 4.68. The number of aryl methyl sites for hydroxylation is 1. The molecule has 1 aromatic carbocycles. The van der Waals surface area contributed by atoms with Crippen molar-refractivity contribution in [3.05, 3.63) is 29.1 Å². The molecule has 0 aromatic heterocycles. The van der Waals surface area contributed by atoms with Crippen LogP contribution in [0, 0.1) is 12.7 Å². The number of nitrogens with zero attached hydrogens (tertiary/aromatic N) is 2. The Balaban J connectivity index is 1.17. The first-order valence-corrected chi connectivity index (χ1v) is 11.9. The van der Waals surface area contributed by atoms with Crippen molar-refractivity contribution in [2.45, 2.75) is 82.5 Å². The van der Waals surface area contributed by atoms with Gasteiger partial charge in [0.1, 0.15) is 11.9 Å². The lowest BCUT2D eigenvalue weighted by molar-refractivity contribution is -0.140. The predicted molar refractivity (Wildman–Crippen MR) is 117 cm³/mol. The van der Waals surface area contributed by atoms with Crippen molar-refractivity contribution in [1.29, 1.82) is 0 Å². The molecule has 5 rings (SSSR count). The summed E-state index contributed by atoms with van der Waals surface area (Å²) in [5, 5.41) is 6.49. The molecule has 6 nitrogen and oxygen atoms in total. The first-order chi connectivity index (χ1) is 15.0. The Morgan fingerprint density at radius 2 is 2.00 bits per heavy atom. The highest BCUT2D eigenvalue weighted by atomic mass is 19.1. The molecule has 2 saturated heterocycles. The molecule has 7 heteroatoms. The summed E-state index contributed by atoms with van der Waals surface area (Å²) in [6.07, 6.45) is 7.44. The molecule has 0 bridgehead atoms. The monoisotopic (exact) mass is 428 g/mol. The molecule has 0 spiro atoms. The van der Waals surface area contributed by atoms with Crippen LogP contribution in [0.2, 0.25) is 0 Å². The van der Waals surface area contributed by atoms with Crippen molar-refractivity contribution in [2.24, 2.45) is 0 Å². The summed E-state index contributed by atoms with van der Waals surface area (Å²) in [5.74, 6) is 0.0613. The van der Waals surface area contributed by atoms with E-state index in [0.29, 0.717) is 36.4 Å². The molecule has 168 valence electrons. The Morgan fingerprint density at radius 1 is 1.16 bits per heavy atom. The molecule has 1 aliphatic carbocycles. The molecule has 3 aliphatic heterocycles. The van der Waals surface area contributed by atoms with Crippen LogP contribution < -0.4 is 10.6 Å². The summed E-state index contributed by atoms with van der Waals surface area (Å²) >= 11 is 0. The average Bonchev–Trinajstić information content (AvgIpc) is 3.24. The van der Waals surface area contributed by atoms with Crippen LogP contribution in [-0.4, -0.2) is 65.4 Å². The lowest BCUT2D eigenvalue weighted by Gasteiger charge is -2.48. The van der Waals surface area contributed by atoms with Crippen molar-refractivity contribution in [3.8, 4) is 0 Å². The van der Waals surface area contributed by atoms with Crippen LogP contribution in [0.1, 0.15) is 56.1 Å². The highest BCUT2D eigenvalue weighted by Gasteiger charge is 2.38. The molecule has 1 unspecified atom stereocenters. The first-order valence-electron chi connectivity index (χ1n) is 11.9. The number of amides is 2. The zero-order valence-electron chi connectivity index (χ0n) is 18.3. The number of fused-ring (bicyclic) bond motifs is 2. The maximum absolute atomic E-state index is 14.2. The lowest BCUT2D eigenvalue weighted by Crippen LogP contribution is -2.60. The summed E-state index contributed by atoms with van der Waals surface area (Å²) in [7, 11) is 0. The average molecular weight is 429 g/mol. The van der Waals surface area contributed by atoms with Crippen molar-refractivity contribution >= 4 is 17.5 Å². The first kappa shape index (κ1) is 20.7. The molecule has 4 atom stereocenters. The number of anilines is 1. The molecule has 0 radical (unpaired) electrons. The number of nitrogens with one attached hydrogen (secondary N) is 2. The third kappa shape index (κ3) is 4.04. The molecule has 1 saturated carbocycles. The van der Waals surface area contributed by atoms with Gasteiger partial charge >= 0.3 is 0 Å². The van der Waals surface area contributed by atoms with Crippen LogP contribution in [0.4, 0.5) is 10.1 Å². The second-order valence-electron chi connectivity index (χ2n) is 9.77. The highest BCUT2D eigenvalue weighted by molar-refractivity contribution is 5.88. The Morgan fingerprint density at radius 3 is 2.84 bits per heavy atom. The summed E-state index contributed by atoms with van der Waals surface area (Å²) in [5.41, 5.74) is 2.38. The molecular weight excluding hydrogens is 395 g/mol. The quantitative estimate of drug-likeness (QED) is 0.777. The van der Waals surface area contributed by atoms with Gasteiger partial charge in [0.05, 0.1) is 0 Å². The number of hydrogen-bond acceptors (Lipinski definition) is 4. The minimum Gasteiger partial charge on any atom is -0.373 e. The zero-order chi connectivity index (χ0) is 21.5. The number of hydrogen-bond donors (Lipinski definition) is 2. The molecule has 1 aromatic rings.